The molecule has 0 saturated carbocycles. The molecule has 0 spiro atoms. The van der Waals surface area contributed by atoms with Gasteiger partial charge in [0.2, 0.25) is 5.88 Å². The van der Waals surface area contributed by atoms with Crippen molar-refractivity contribution in [3.63, 3.8) is 0 Å². The van der Waals surface area contributed by atoms with Crippen molar-refractivity contribution in [2.75, 3.05) is 38.1 Å². The molecule has 0 amide bonds. The van der Waals surface area contributed by atoms with Crippen molar-refractivity contribution < 1.29 is 4.74 Å². The summed E-state index contributed by atoms with van der Waals surface area (Å²) in [5.74, 6) is 2.37. The molecule has 0 fully saturated rings. The van der Waals surface area contributed by atoms with Gasteiger partial charge in [-0.05, 0) is 26.4 Å². The zero-order valence-corrected chi connectivity index (χ0v) is 13.3. The summed E-state index contributed by atoms with van der Waals surface area (Å²) in [5, 5.41) is 3.23. The SMILES string of the molecule is CCCc1nc(NCC)cc(OCCN(CC)CC)n1. The highest BCUT2D eigenvalue weighted by atomic mass is 16.5. The minimum atomic E-state index is 0.663. The molecule has 1 heterocycles. The van der Waals surface area contributed by atoms with E-state index in [9.17, 15) is 0 Å². The van der Waals surface area contributed by atoms with Crippen molar-refractivity contribution in [2.45, 2.75) is 40.5 Å². The van der Waals surface area contributed by atoms with Crippen LogP contribution in [0.2, 0.25) is 0 Å². The number of aromatic nitrogens is 2. The van der Waals surface area contributed by atoms with Crippen molar-refractivity contribution >= 4 is 5.82 Å². The Hall–Kier alpha value is -1.36. The molecule has 1 N–H and O–H groups in total. The van der Waals surface area contributed by atoms with Crippen molar-refractivity contribution in [3.8, 4) is 5.88 Å². The molecule has 114 valence electrons. The smallest absolute Gasteiger partial charge is 0.218 e. The highest BCUT2D eigenvalue weighted by Gasteiger charge is 2.06. The molecule has 0 aliphatic rings. The zero-order chi connectivity index (χ0) is 14.8. The minimum absolute atomic E-state index is 0.663. The van der Waals surface area contributed by atoms with E-state index in [2.05, 4.69) is 47.9 Å². The number of nitrogens with zero attached hydrogens (tertiary/aromatic N) is 3. The molecule has 0 unspecified atom stereocenters. The fourth-order valence-corrected chi connectivity index (χ4v) is 1.97. The van der Waals surface area contributed by atoms with Gasteiger partial charge in [0, 0.05) is 25.6 Å². The van der Waals surface area contributed by atoms with E-state index in [0.717, 1.165) is 50.7 Å². The average molecular weight is 280 g/mol. The highest BCUT2D eigenvalue weighted by Crippen LogP contribution is 2.14. The quantitative estimate of drug-likeness (QED) is 0.714. The van der Waals surface area contributed by atoms with Crippen LogP contribution in [0, 0.1) is 0 Å². The second kappa shape index (κ2) is 9.53. The normalized spacial score (nSPS) is 10.8. The minimum Gasteiger partial charge on any atom is -0.476 e. The maximum atomic E-state index is 5.78. The molecule has 1 aromatic heterocycles. The summed E-state index contributed by atoms with van der Waals surface area (Å²) < 4.78 is 5.78. The number of hydrogen-bond acceptors (Lipinski definition) is 5. The number of hydrogen-bond donors (Lipinski definition) is 1. The Morgan fingerprint density at radius 1 is 1.15 bits per heavy atom. The van der Waals surface area contributed by atoms with Crippen LogP contribution in [-0.4, -0.2) is 47.7 Å². The molecule has 0 aliphatic carbocycles. The first-order chi connectivity index (χ1) is 9.73. The standard InChI is InChI=1S/C15H28N4O/c1-5-9-13-17-14(16-6-2)12-15(18-13)20-11-10-19(7-3)8-4/h12H,5-11H2,1-4H3,(H,16,17,18). The van der Waals surface area contributed by atoms with Crippen molar-refractivity contribution in [1.82, 2.24) is 14.9 Å². The van der Waals surface area contributed by atoms with E-state index in [1.54, 1.807) is 0 Å². The lowest BCUT2D eigenvalue weighted by molar-refractivity contribution is 0.217. The molecule has 1 rings (SSSR count). The lowest BCUT2D eigenvalue weighted by Crippen LogP contribution is -2.28. The van der Waals surface area contributed by atoms with Crippen molar-refractivity contribution in [1.29, 1.82) is 0 Å². The molecular weight excluding hydrogens is 252 g/mol. The van der Waals surface area contributed by atoms with Gasteiger partial charge < -0.3 is 15.0 Å². The number of likely N-dealkylation sites (N-methyl/N-ethyl adjacent to an activating group) is 1. The van der Waals surface area contributed by atoms with Crippen LogP contribution in [-0.2, 0) is 6.42 Å². The first-order valence-electron chi connectivity index (χ1n) is 7.70. The Kier molecular flexibility index (Phi) is 7.95. The fourth-order valence-electron chi connectivity index (χ4n) is 1.97. The Balaban J connectivity index is 2.62. The van der Waals surface area contributed by atoms with Crippen LogP contribution in [0.3, 0.4) is 0 Å². The second-order valence-electron chi connectivity index (χ2n) is 4.66. The number of nitrogens with one attached hydrogen (secondary N) is 1. The van der Waals surface area contributed by atoms with Crippen molar-refractivity contribution in [2.24, 2.45) is 0 Å². The number of ether oxygens (including phenoxy) is 1. The Morgan fingerprint density at radius 2 is 1.90 bits per heavy atom. The third-order valence-corrected chi connectivity index (χ3v) is 3.13. The summed E-state index contributed by atoms with van der Waals surface area (Å²) in [6.45, 7) is 13.1. The van der Waals surface area contributed by atoms with Gasteiger partial charge >= 0.3 is 0 Å². The first kappa shape index (κ1) is 16.7. The molecule has 5 heteroatoms. The van der Waals surface area contributed by atoms with Crippen LogP contribution in [0.15, 0.2) is 6.07 Å². The number of aryl methyl sites for hydroxylation is 1. The number of anilines is 1. The van der Waals surface area contributed by atoms with Crippen LogP contribution in [0.4, 0.5) is 5.82 Å². The van der Waals surface area contributed by atoms with E-state index in [-0.39, 0.29) is 0 Å². The van der Waals surface area contributed by atoms with Gasteiger partial charge in [-0.2, -0.15) is 4.98 Å². The van der Waals surface area contributed by atoms with E-state index >= 15 is 0 Å². The lowest BCUT2D eigenvalue weighted by atomic mass is 10.3. The van der Waals surface area contributed by atoms with Crippen LogP contribution < -0.4 is 10.1 Å². The third kappa shape index (κ3) is 5.74. The first-order valence-corrected chi connectivity index (χ1v) is 7.70. The summed E-state index contributed by atoms with van der Waals surface area (Å²) in [6.07, 6.45) is 1.92. The second-order valence-corrected chi connectivity index (χ2v) is 4.66. The fraction of sp³-hybridized carbons (Fsp3) is 0.733. The Morgan fingerprint density at radius 3 is 2.50 bits per heavy atom. The zero-order valence-electron chi connectivity index (χ0n) is 13.3. The van der Waals surface area contributed by atoms with Gasteiger partial charge in [0.05, 0.1) is 0 Å². The van der Waals surface area contributed by atoms with Crippen LogP contribution in [0.1, 0.15) is 39.9 Å². The molecule has 5 nitrogen and oxygen atoms in total. The van der Waals surface area contributed by atoms with Gasteiger partial charge in [-0.25, -0.2) is 4.98 Å². The molecule has 0 saturated heterocycles. The molecule has 1 aromatic rings. The van der Waals surface area contributed by atoms with E-state index in [0.29, 0.717) is 12.5 Å². The predicted molar refractivity (Wildman–Crippen MR) is 83.5 cm³/mol. The highest BCUT2D eigenvalue weighted by molar-refractivity contribution is 5.38. The summed E-state index contributed by atoms with van der Waals surface area (Å²) in [6, 6.07) is 1.88. The average Bonchev–Trinajstić information content (AvgIpc) is 2.44. The van der Waals surface area contributed by atoms with Gasteiger partial charge in [0.1, 0.15) is 18.2 Å². The summed E-state index contributed by atoms with van der Waals surface area (Å²) in [5.41, 5.74) is 0. The van der Waals surface area contributed by atoms with Crippen molar-refractivity contribution in [3.05, 3.63) is 11.9 Å². The molecule has 0 aromatic carbocycles. The monoisotopic (exact) mass is 280 g/mol. The maximum absolute atomic E-state index is 5.78. The molecule has 0 radical (unpaired) electrons. The van der Waals surface area contributed by atoms with Crippen LogP contribution in [0.5, 0.6) is 5.88 Å². The Bertz CT molecular complexity index is 356. The van der Waals surface area contributed by atoms with Gasteiger partial charge in [-0.15, -0.1) is 0 Å². The van der Waals surface area contributed by atoms with Gasteiger partial charge in [0.25, 0.3) is 0 Å². The maximum Gasteiger partial charge on any atom is 0.218 e. The van der Waals surface area contributed by atoms with Crippen LogP contribution in [0.25, 0.3) is 0 Å². The largest absolute Gasteiger partial charge is 0.476 e. The van der Waals surface area contributed by atoms with Crippen LogP contribution >= 0.6 is 0 Å². The topological polar surface area (TPSA) is 50.3 Å². The summed E-state index contributed by atoms with van der Waals surface area (Å²) in [4.78, 5) is 11.3. The predicted octanol–water partition coefficient (Wildman–Crippen LogP) is 2.58. The van der Waals surface area contributed by atoms with E-state index in [1.807, 2.05) is 6.07 Å². The molecule has 20 heavy (non-hydrogen) atoms. The molecule has 0 atom stereocenters. The van der Waals surface area contributed by atoms with Gasteiger partial charge in [-0.3, -0.25) is 0 Å². The molecule has 0 aliphatic heterocycles. The van der Waals surface area contributed by atoms with Gasteiger partial charge in [0.15, 0.2) is 0 Å². The van der Waals surface area contributed by atoms with Gasteiger partial charge in [-0.1, -0.05) is 20.8 Å². The number of rotatable bonds is 10. The molecular formula is C15H28N4O. The summed E-state index contributed by atoms with van der Waals surface area (Å²) in [7, 11) is 0. The third-order valence-electron chi connectivity index (χ3n) is 3.13. The lowest BCUT2D eigenvalue weighted by Gasteiger charge is -2.18. The van der Waals surface area contributed by atoms with E-state index < -0.39 is 0 Å². The van der Waals surface area contributed by atoms with E-state index in [4.69, 9.17) is 4.74 Å². The van der Waals surface area contributed by atoms with E-state index in [1.165, 1.54) is 0 Å². The molecule has 0 bridgehead atoms. The Labute approximate surface area is 122 Å². The summed E-state index contributed by atoms with van der Waals surface area (Å²) >= 11 is 0.